The van der Waals surface area contributed by atoms with E-state index >= 15 is 0 Å². The van der Waals surface area contributed by atoms with Crippen LogP contribution in [0.5, 0.6) is 11.5 Å². The maximum absolute atomic E-state index is 14.5. The Labute approximate surface area is 201 Å². The van der Waals surface area contributed by atoms with Gasteiger partial charge in [0, 0.05) is 40.4 Å². The average Bonchev–Trinajstić information content (AvgIpc) is 3.63. The number of nitrogens with zero attached hydrogens (tertiary/aromatic N) is 1. The van der Waals surface area contributed by atoms with E-state index in [1.54, 1.807) is 18.2 Å². The molecular weight excluding hydrogens is 448 g/mol. The highest BCUT2D eigenvalue weighted by Crippen LogP contribution is 2.61. The van der Waals surface area contributed by atoms with Gasteiger partial charge in [-0.05, 0) is 29.8 Å². The molecule has 4 aliphatic rings. The summed E-state index contributed by atoms with van der Waals surface area (Å²) in [5.74, 6) is 1.94. The molecular formula is C27H22N2O4S. The molecule has 2 fully saturated rings. The summed E-state index contributed by atoms with van der Waals surface area (Å²) >= 11 is 1.83. The first-order valence-electron chi connectivity index (χ1n) is 11.4. The van der Waals surface area contributed by atoms with E-state index in [4.69, 9.17) is 9.47 Å². The third-order valence-electron chi connectivity index (χ3n) is 7.65. The normalized spacial score (nSPS) is 28.7. The number of fused-ring (bicyclic) bond motifs is 5. The molecule has 4 atom stereocenters. The van der Waals surface area contributed by atoms with Crippen molar-refractivity contribution < 1.29 is 19.1 Å². The molecule has 0 radical (unpaired) electrons. The zero-order valence-electron chi connectivity index (χ0n) is 18.3. The molecule has 6 nitrogen and oxygen atoms in total. The van der Waals surface area contributed by atoms with E-state index in [1.165, 1.54) is 0 Å². The van der Waals surface area contributed by atoms with Crippen molar-refractivity contribution in [2.75, 3.05) is 23.7 Å². The lowest BCUT2D eigenvalue weighted by Gasteiger charge is -2.36. The van der Waals surface area contributed by atoms with Gasteiger partial charge in [-0.2, -0.15) is 0 Å². The maximum Gasteiger partial charge on any atom is 0.250 e. The number of hydrogen-bond donors (Lipinski definition) is 1. The lowest BCUT2D eigenvalue weighted by atomic mass is 9.69. The molecule has 3 aromatic carbocycles. The van der Waals surface area contributed by atoms with Crippen molar-refractivity contribution in [3.63, 3.8) is 0 Å². The van der Waals surface area contributed by atoms with E-state index in [9.17, 15) is 9.59 Å². The molecule has 4 heterocycles. The number of carbonyl (C=O) groups excluding carboxylic acids is 2. The Morgan fingerprint density at radius 1 is 1.00 bits per heavy atom. The largest absolute Gasteiger partial charge is 0.454 e. The van der Waals surface area contributed by atoms with E-state index in [0.29, 0.717) is 22.9 Å². The molecule has 170 valence electrons. The first kappa shape index (κ1) is 20.1. The lowest BCUT2D eigenvalue weighted by molar-refractivity contribution is -0.127. The van der Waals surface area contributed by atoms with Gasteiger partial charge in [0.15, 0.2) is 17.3 Å². The minimum Gasteiger partial charge on any atom is -0.454 e. The van der Waals surface area contributed by atoms with Crippen LogP contribution in [0.25, 0.3) is 0 Å². The Kier molecular flexibility index (Phi) is 4.35. The maximum atomic E-state index is 14.5. The summed E-state index contributed by atoms with van der Waals surface area (Å²) < 4.78 is 11.0. The first-order valence-corrected chi connectivity index (χ1v) is 12.6. The second kappa shape index (κ2) is 7.35. The number of ether oxygens (including phenoxy) is 2. The van der Waals surface area contributed by atoms with Crippen molar-refractivity contribution in [1.82, 2.24) is 4.90 Å². The molecule has 7 heteroatoms. The van der Waals surface area contributed by atoms with E-state index in [0.717, 1.165) is 22.6 Å². The third-order valence-corrected chi connectivity index (χ3v) is 8.69. The topological polar surface area (TPSA) is 67.9 Å². The quantitative estimate of drug-likeness (QED) is 0.578. The fraction of sp³-hybridized carbons (Fsp3) is 0.259. The zero-order chi connectivity index (χ0) is 22.9. The number of para-hydroxylation sites is 1. The van der Waals surface area contributed by atoms with Crippen molar-refractivity contribution in [2.45, 2.75) is 17.5 Å². The summed E-state index contributed by atoms with van der Waals surface area (Å²) in [6.07, 6.45) is 0. The molecule has 0 aromatic heterocycles. The van der Waals surface area contributed by atoms with Gasteiger partial charge in [0.05, 0.1) is 5.92 Å². The second-order valence-corrected chi connectivity index (χ2v) is 10.1. The molecule has 0 saturated carbocycles. The minimum atomic E-state index is -1.06. The highest BCUT2D eigenvalue weighted by molar-refractivity contribution is 7.99. The molecule has 3 aromatic rings. The predicted molar refractivity (Wildman–Crippen MR) is 129 cm³/mol. The number of amides is 1. The molecule has 1 spiro atoms. The van der Waals surface area contributed by atoms with Crippen LogP contribution < -0.4 is 14.8 Å². The van der Waals surface area contributed by atoms with Crippen LogP contribution in [0.4, 0.5) is 5.69 Å². The molecule has 7 rings (SSSR count). The number of hydrogen-bond acceptors (Lipinski definition) is 6. The van der Waals surface area contributed by atoms with Crippen LogP contribution in [-0.4, -0.2) is 41.1 Å². The number of Topliss-reactive ketones (excluding diaryl/α,β-unsaturated/α-hetero) is 1. The lowest BCUT2D eigenvalue weighted by Crippen LogP contribution is -2.52. The van der Waals surface area contributed by atoms with Crippen molar-refractivity contribution in [1.29, 1.82) is 0 Å². The third kappa shape index (κ3) is 2.56. The first-order chi connectivity index (χ1) is 16.7. The van der Waals surface area contributed by atoms with Gasteiger partial charge in [-0.1, -0.05) is 48.5 Å². The van der Waals surface area contributed by atoms with Crippen molar-refractivity contribution >= 4 is 29.1 Å². The molecule has 0 aliphatic carbocycles. The summed E-state index contributed by atoms with van der Waals surface area (Å²) in [6, 6.07) is 23.4. The summed E-state index contributed by atoms with van der Waals surface area (Å²) in [5.41, 5.74) is 2.26. The number of thioether (sulfide) groups is 1. The summed E-state index contributed by atoms with van der Waals surface area (Å²) in [5, 5.41) is 3.11. The molecule has 4 unspecified atom stereocenters. The highest BCUT2D eigenvalue weighted by atomic mass is 32.2. The monoisotopic (exact) mass is 470 g/mol. The number of anilines is 1. The summed E-state index contributed by atoms with van der Waals surface area (Å²) in [6.45, 7) is 0.149. The average molecular weight is 471 g/mol. The Balaban J connectivity index is 1.46. The van der Waals surface area contributed by atoms with Crippen LogP contribution in [0.3, 0.4) is 0 Å². The smallest absolute Gasteiger partial charge is 0.250 e. The van der Waals surface area contributed by atoms with Crippen molar-refractivity contribution in [2.24, 2.45) is 5.92 Å². The number of carbonyl (C=O) groups is 2. The SMILES string of the molecule is O=C(c1ccc2c(c1)OCO2)C1C(c2ccccc2)C2CSCN2C12C(=O)Nc1ccccc12. The van der Waals surface area contributed by atoms with Gasteiger partial charge in [-0.25, -0.2) is 0 Å². The van der Waals surface area contributed by atoms with E-state index < -0.39 is 11.5 Å². The molecule has 34 heavy (non-hydrogen) atoms. The van der Waals surface area contributed by atoms with Crippen LogP contribution in [-0.2, 0) is 10.3 Å². The number of rotatable bonds is 3. The molecule has 1 amide bonds. The highest BCUT2D eigenvalue weighted by Gasteiger charge is 2.69. The van der Waals surface area contributed by atoms with Gasteiger partial charge in [0.1, 0.15) is 5.54 Å². The fourth-order valence-electron chi connectivity index (χ4n) is 6.31. The van der Waals surface area contributed by atoms with Gasteiger partial charge in [-0.15, -0.1) is 11.8 Å². The van der Waals surface area contributed by atoms with E-state index in [-0.39, 0.29) is 30.4 Å². The van der Waals surface area contributed by atoms with Gasteiger partial charge in [0.25, 0.3) is 0 Å². The Bertz CT molecular complexity index is 1330. The minimum absolute atomic E-state index is 0.0431. The molecule has 0 bridgehead atoms. The molecule has 4 aliphatic heterocycles. The molecule has 1 N–H and O–H groups in total. The van der Waals surface area contributed by atoms with Gasteiger partial charge < -0.3 is 14.8 Å². The molecule has 2 saturated heterocycles. The summed E-state index contributed by atoms with van der Waals surface area (Å²) in [4.78, 5) is 30.7. The van der Waals surface area contributed by atoms with E-state index in [2.05, 4.69) is 22.3 Å². The van der Waals surface area contributed by atoms with Gasteiger partial charge in [0.2, 0.25) is 12.7 Å². The Morgan fingerprint density at radius 2 is 1.79 bits per heavy atom. The fourth-order valence-corrected chi connectivity index (χ4v) is 7.64. The van der Waals surface area contributed by atoms with Crippen molar-refractivity contribution in [3.8, 4) is 11.5 Å². The second-order valence-electron chi connectivity index (χ2n) is 9.15. The van der Waals surface area contributed by atoms with Crippen LogP contribution in [0.15, 0.2) is 72.8 Å². The summed E-state index contributed by atoms with van der Waals surface area (Å²) in [7, 11) is 0. The Hall–Kier alpha value is -3.29. The van der Waals surface area contributed by atoms with Gasteiger partial charge >= 0.3 is 0 Å². The predicted octanol–water partition coefficient (Wildman–Crippen LogP) is 4.23. The van der Waals surface area contributed by atoms with Crippen LogP contribution in [0.2, 0.25) is 0 Å². The van der Waals surface area contributed by atoms with E-state index in [1.807, 2.05) is 54.2 Å². The standard InChI is InChI=1S/C27H22N2O4S/c30-25(17-10-11-21-22(12-17)33-15-32-21)24-23(16-6-2-1-3-7-16)20-13-34-14-29(20)27(24)18-8-4-5-9-19(18)28-26(27)31/h1-12,20,23-24H,13-15H2,(H,28,31). The number of nitrogens with one attached hydrogen (secondary N) is 1. The van der Waals surface area contributed by atoms with Crippen LogP contribution in [0, 0.1) is 5.92 Å². The van der Waals surface area contributed by atoms with Crippen molar-refractivity contribution in [3.05, 3.63) is 89.5 Å². The number of benzene rings is 3. The Morgan fingerprint density at radius 3 is 2.68 bits per heavy atom. The van der Waals surface area contributed by atoms with Crippen LogP contribution in [0.1, 0.15) is 27.4 Å². The zero-order valence-corrected chi connectivity index (χ0v) is 19.1. The van der Waals surface area contributed by atoms with Crippen LogP contribution >= 0.6 is 11.8 Å². The number of ketones is 1. The van der Waals surface area contributed by atoms with Gasteiger partial charge in [-0.3, -0.25) is 14.5 Å².